The molecule has 0 aliphatic rings. The molecule has 2 N–H and O–H groups in total. The Bertz CT molecular complexity index is 634. The van der Waals surface area contributed by atoms with Crippen LogP contribution < -0.4 is 8.60 Å². The summed E-state index contributed by atoms with van der Waals surface area (Å²) in [6.45, 7) is 12.5. The van der Waals surface area contributed by atoms with Crippen LogP contribution in [0.2, 0.25) is 0 Å². The minimum atomic E-state index is -3.10. The van der Waals surface area contributed by atoms with Crippen LogP contribution in [0, 0.1) is 41.5 Å². The van der Waals surface area contributed by atoms with Crippen molar-refractivity contribution in [3.8, 4) is 0 Å². The minimum absolute atomic E-state index is 1.02. The van der Waals surface area contributed by atoms with E-state index < -0.39 is 11.7 Å². The third-order valence-electron chi connectivity index (χ3n) is 3.81. The van der Waals surface area contributed by atoms with E-state index in [0.29, 0.717) is 0 Å². The molecule has 0 fully saturated rings. The molecule has 2 rings (SSSR count). The Balaban J connectivity index is 2.30. The summed E-state index contributed by atoms with van der Waals surface area (Å²) in [4.78, 5) is 0. The molecule has 0 saturated carbocycles. The molecule has 0 atom stereocenters. The van der Waals surface area contributed by atoms with Gasteiger partial charge in [0.25, 0.3) is 0 Å². The zero-order chi connectivity index (χ0) is 17.4. The van der Waals surface area contributed by atoms with E-state index in [2.05, 4.69) is 74.4 Å². The van der Waals surface area contributed by atoms with Crippen LogP contribution in [-0.2, 0) is 11.7 Å². The van der Waals surface area contributed by atoms with E-state index in [1.807, 2.05) is 0 Å². The number of nitrogens with one attached hydrogen (secondary N) is 2. The van der Waals surface area contributed by atoms with Crippen molar-refractivity contribution >= 4 is 31.5 Å². The molecule has 0 unspecified atom stereocenters. The van der Waals surface area contributed by atoms with Crippen LogP contribution >= 0.6 is 20.1 Å². The number of anilines is 2. The standard InChI is InChI=1S/2C9H12N.2ClH.Cr/c2*1-6-4-7(2)9(10)8(3)5-6;;;/h2*4-5,10H,1-3H3;2*1H;/q2*-1;;;+4/p-2. The topological polar surface area (TPSA) is 24.1 Å². The maximum absolute atomic E-state index is 6.67. The number of halogens is 2. The Morgan fingerprint density at radius 3 is 1.13 bits per heavy atom. The van der Waals surface area contributed by atoms with E-state index in [1.54, 1.807) is 0 Å². The molecule has 126 valence electrons. The van der Waals surface area contributed by atoms with Crippen molar-refractivity contribution in [3.63, 3.8) is 0 Å². The first kappa shape index (κ1) is 18.5. The van der Waals surface area contributed by atoms with Crippen LogP contribution in [0.25, 0.3) is 0 Å². The Hall–Kier alpha value is -0.848. The van der Waals surface area contributed by atoms with Gasteiger partial charge in [0.05, 0.1) is 0 Å². The van der Waals surface area contributed by atoms with Gasteiger partial charge in [-0.05, 0) is 0 Å². The van der Waals surface area contributed by atoms with E-state index in [9.17, 15) is 0 Å². The third-order valence-corrected chi connectivity index (χ3v) is 6.53. The molecule has 0 saturated heterocycles. The Labute approximate surface area is 150 Å². The van der Waals surface area contributed by atoms with Crippen molar-refractivity contribution in [2.75, 3.05) is 8.60 Å². The Morgan fingerprint density at radius 1 is 0.609 bits per heavy atom. The molecular formula is C18H24Cl2CrN2. The summed E-state index contributed by atoms with van der Waals surface area (Å²) in [5, 5.41) is 0. The SMILES string of the molecule is Cc1cc(C)c([NH][Cr]([Cl])([Cl])[NH]c2c(C)cc(C)cc2C)c(C)c1. The number of hydrogen-bond acceptors (Lipinski definition) is 2. The predicted molar refractivity (Wildman–Crippen MR) is 100 cm³/mol. The summed E-state index contributed by atoms with van der Waals surface area (Å²) in [7, 11) is 13.3. The number of hydrogen-bond donors (Lipinski definition) is 2. The molecule has 0 bridgehead atoms. The van der Waals surface area contributed by atoms with Crippen LogP contribution in [0.3, 0.4) is 0 Å². The van der Waals surface area contributed by atoms with Crippen LogP contribution in [-0.4, -0.2) is 0 Å². The Kier molecular flexibility index (Phi) is 5.59. The van der Waals surface area contributed by atoms with Gasteiger partial charge < -0.3 is 0 Å². The molecule has 23 heavy (non-hydrogen) atoms. The molecule has 0 spiro atoms. The van der Waals surface area contributed by atoms with Gasteiger partial charge in [0.1, 0.15) is 0 Å². The summed E-state index contributed by atoms with van der Waals surface area (Å²) in [5.74, 6) is 0. The first-order chi connectivity index (χ1) is 10.6. The maximum atomic E-state index is 6.67. The summed E-state index contributed by atoms with van der Waals surface area (Å²) in [6, 6.07) is 8.55. The predicted octanol–water partition coefficient (Wildman–Crippen LogP) is 6.35. The van der Waals surface area contributed by atoms with Crippen molar-refractivity contribution in [2.45, 2.75) is 41.5 Å². The summed E-state index contributed by atoms with van der Waals surface area (Å²) in [6.07, 6.45) is 0. The number of aryl methyl sites for hydroxylation is 6. The van der Waals surface area contributed by atoms with E-state index in [4.69, 9.17) is 20.1 Å². The van der Waals surface area contributed by atoms with Gasteiger partial charge in [0.15, 0.2) is 0 Å². The molecule has 0 amide bonds. The fraction of sp³-hybridized carbons (Fsp3) is 0.333. The average molecular weight is 391 g/mol. The van der Waals surface area contributed by atoms with E-state index in [1.165, 1.54) is 11.1 Å². The van der Waals surface area contributed by atoms with Gasteiger partial charge in [-0.15, -0.1) is 0 Å². The zero-order valence-corrected chi connectivity index (χ0v) is 17.3. The van der Waals surface area contributed by atoms with Gasteiger partial charge >= 0.3 is 151 Å². The molecule has 0 radical (unpaired) electrons. The second-order valence-corrected chi connectivity index (χ2v) is 12.8. The number of rotatable bonds is 4. The van der Waals surface area contributed by atoms with Crippen LogP contribution in [0.15, 0.2) is 24.3 Å². The molecule has 2 aromatic rings. The Morgan fingerprint density at radius 2 is 0.870 bits per heavy atom. The molecule has 2 aromatic carbocycles. The second kappa shape index (κ2) is 6.95. The normalized spacial score (nSPS) is 12.2. The fourth-order valence-electron chi connectivity index (χ4n) is 2.96. The summed E-state index contributed by atoms with van der Waals surface area (Å²) >= 11 is -3.10. The molecule has 0 heterocycles. The quantitative estimate of drug-likeness (QED) is 0.634. The van der Waals surface area contributed by atoms with E-state index >= 15 is 0 Å². The number of benzene rings is 2. The van der Waals surface area contributed by atoms with Crippen LogP contribution in [0.1, 0.15) is 33.4 Å². The van der Waals surface area contributed by atoms with E-state index in [0.717, 1.165) is 33.6 Å². The van der Waals surface area contributed by atoms with Crippen molar-refractivity contribution in [1.29, 1.82) is 0 Å². The monoisotopic (exact) mass is 390 g/mol. The van der Waals surface area contributed by atoms with Gasteiger partial charge in [-0.1, -0.05) is 0 Å². The molecule has 2 nitrogen and oxygen atoms in total. The molecule has 0 aliphatic carbocycles. The summed E-state index contributed by atoms with van der Waals surface area (Å²) in [5.41, 5.74) is 9.15. The first-order valence-corrected chi connectivity index (χ1v) is 12.3. The molecular weight excluding hydrogens is 367 g/mol. The van der Waals surface area contributed by atoms with Crippen molar-refractivity contribution < 1.29 is 11.7 Å². The van der Waals surface area contributed by atoms with Gasteiger partial charge in [0.2, 0.25) is 0 Å². The second-order valence-electron chi connectivity index (χ2n) is 6.22. The molecule has 5 heteroatoms. The van der Waals surface area contributed by atoms with Gasteiger partial charge in [-0.3, -0.25) is 0 Å². The van der Waals surface area contributed by atoms with Crippen LogP contribution in [0.5, 0.6) is 0 Å². The van der Waals surface area contributed by atoms with Crippen molar-refractivity contribution in [2.24, 2.45) is 0 Å². The van der Waals surface area contributed by atoms with Gasteiger partial charge in [-0.25, -0.2) is 0 Å². The van der Waals surface area contributed by atoms with Crippen LogP contribution in [0.4, 0.5) is 11.4 Å². The summed E-state index contributed by atoms with van der Waals surface area (Å²) < 4.78 is 6.75. The third kappa shape index (κ3) is 4.58. The van der Waals surface area contributed by atoms with E-state index in [-0.39, 0.29) is 0 Å². The van der Waals surface area contributed by atoms with Crippen molar-refractivity contribution in [3.05, 3.63) is 57.6 Å². The average Bonchev–Trinajstić information content (AvgIpc) is 2.38. The molecule has 0 aromatic heterocycles. The zero-order valence-electron chi connectivity index (χ0n) is 14.5. The van der Waals surface area contributed by atoms with Gasteiger partial charge in [-0.2, -0.15) is 0 Å². The van der Waals surface area contributed by atoms with Gasteiger partial charge in [0, 0.05) is 0 Å². The van der Waals surface area contributed by atoms with Crippen molar-refractivity contribution in [1.82, 2.24) is 0 Å². The molecule has 0 aliphatic heterocycles. The fourth-order valence-corrected chi connectivity index (χ4v) is 6.12. The first-order valence-electron chi connectivity index (χ1n) is 7.53.